The third kappa shape index (κ3) is 11.0. The molecule has 0 spiro atoms. The number of fused-ring (bicyclic) bond motifs is 2. The zero-order valence-corrected chi connectivity index (χ0v) is 29.4. The van der Waals surface area contributed by atoms with Crippen LogP contribution in [-0.2, 0) is 26.2 Å². The van der Waals surface area contributed by atoms with Crippen molar-refractivity contribution in [3.05, 3.63) is 143 Å². The molecule has 0 bridgehead atoms. The maximum absolute atomic E-state index is 8.94. The fourth-order valence-electron chi connectivity index (χ4n) is 4.53. The molecule has 0 amide bonds. The van der Waals surface area contributed by atoms with Gasteiger partial charge in [-0.2, -0.15) is 24.3 Å². The molecule has 6 aromatic carbocycles. The number of phenols is 2. The third-order valence-electron chi connectivity index (χ3n) is 7.62. The topological polar surface area (TPSA) is 40.5 Å². The first-order valence-corrected chi connectivity index (χ1v) is 14.8. The fourth-order valence-corrected chi connectivity index (χ4v) is 4.53. The van der Waals surface area contributed by atoms with Crippen molar-refractivity contribution < 1.29 is 36.4 Å². The van der Waals surface area contributed by atoms with E-state index >= 15 is 0 Å². The zero-order valence-electron chi connectivity index (χ0n) is 26.9. The minimum atomic E-state index is 0. The Morgan fingerprint density at radius 2 is 0.767 bits per heavy atom. The number of hydrogen-bond donors (Lipinski definition) is 2. The van der Waals surface area contributed by atoms with Crippen LogP contribution >= 0.6 is 0 Å². The molecule has 0 saturated carbocycles. The molecule has 0 radical (unpaired) electrons. The van der Waals surface area contributed by atoms with E-state index in [4.69, 9.17) is 10.2 Å². The fraction of sp³-hybridized carbons (Fsp3) is 0.250. The van der Waals surface area contributed by atoms with E-state index < -0.39 is 0 Å². The van der Waals surface area contributed by atoms with Crippen LogP contribution in [0.15, 0.2) is 109 Å². The van der Waals surface area contributed by atoms with Crippen LogP contribution in [0, 0.1) is 27.7 Å². The minimum Gasteiger partial charge on any atom is -0.508 e. The molecule has 0 fully saturated rings. The van der Waals surface area contributed by atoms with Gasteiger partial charge in [-0.15, -0.1) is 57.9 Å². The molecule has 0 aliphatic rings. The van der Waals surface area contributed by atoms with Crippen molar-refractivity contribution in [1.82, 2.24) is 0 Å². The Morgan fingerprint density at radius 1 is 0.465 bits per heavy atom. The first-order valence-electron chi connectivity index (χ1n) is 14.8. The molecule has 0 aliphatic carbocycles. The molecule has 6 aromatic rings. The standard InChI is InChI=1S/2C11H11.2C9H12O.Zr/c2*1-8-6-10-4-3-5-11(10)7-9(8)2;2*1-7(2)8-3-5-9(10)6-4-8;/h2*3-7H,1-2H3;2*3-7,10H,1-2H3;/q2*-1;;;+2. The Hall–Kier alpha value is -3.42. The van der Waals surface area contributed by atoms with Crippen LogP contribution in [0.4, 0.5) is 0 Å². The Labute approximate surface area is 277 Å². The molecule has 6 rings (SSSR count). The van der Waals surface area contributed by atoms with Gasteiger partial charge in [0.25, 0.3) is 0 Å². The van der Waals surface area contributed by atoms with Crippen LogP contribution < -0.4 is 0 Å². The van der Waals surface area contributed by atoms with Crippen LogP contribution in [-0.4, -0.2) is 10.2 Å². The molecule has 0 saturated heterocycles. The smallest absolute Gasteiger partial charge is 0.508 e. The normalized spacial score (nSPS) is 10.3. The average Bonchev–Trinajstić information content (AvgIpc) is 3.60. The van der Waals surface area contributed by atoms with E-state index in [1.165, 1.54) is 54.9 Å². The van der Waals surface area contributed by atoms with Gasteiger partial charge in [0.2, 0.25) is 0 Å². The number of benzene rings is 4. The largest absolute Gasteiger partial charge is 2.00 e. The second-order valence-electron chi connectivity index (χ2n) is 11.7. The molecule has 0 aliphatic heterocycles. The first kappa shape index (κ1) is 35.8. The van der Waals surface area contributed by atoms with Crippen molar-refractivity contribution in [3.63, 3.8) is 0 Å². The summed E-state index contributed by atoms with van der Waals surface area (Å²) in [6.07, 6.45) is 0. The molecule has 3 heteroatoms. The first-order chi connectivity index (χ1) is 19.9. The van der Waals surface area contributed by atoms with Crippen molar-refractivity contribution in [2.75, 3.05) is 0 Å². The summed E-state index contributed by atoms with van der Waals surface area (Å²) in [5.74, 6) is 1.76. The maximum Gasteiger partial charge on any atom is 2.00 e. The summed E-state index contributed by atoms with van der Waals surface area (Å²) in [5.41, 5.74) is 8.04. The summed E-state index contributed by atoms with van der Waals surface area (Å²) >= 11 is 0. The Morgan fingerprint density at radius 3 is 1.07 bits per heavy atom. The summed E-state index contributed by atoms with van der Waals surface area (Å²) in [6.45, 7) is 17.1. The van der Waals surface area contributed by atoms with Gasteiger partial charge in [0.1, 0.15) is 11.5 Å². The average molecular weight is 650 g/mol. The van der Waals surface area contributed by atoms with E-state index in [0.29, 0.717) is 23.3 Å². The van der Waals surface area contributed by atoms with Crippen LogP contribution in [0.5, 0.6) is 11.5 Å². The van der Waals surface area contributed by atoms with Crippen molar-refractivity contribution >= 4 is 21.5 Å². The molecule has 0 atom stereocenters. The SMILES string of the molecule is CC(C)c1ccc(O)cc1.CC(C)c1ccc(O)cc1.Cc1cc2cc[cH-]c2cc1C.Cc1cc2cc[cH-]c2cc1C.[Zr+2]. The quantitative estimate of drug-likeness (QED) is 0.183. The molecule has 43 heavy (non-hydrogen) atoms. The monoisotopic (exact) mass is 648 g/mol. The van der Waals surface area contributed by atoms with Crippen LogP contribution in [0.25, 0.3) is 21.5 Å². The van der Waals surface area contributed by atoms with Crippen molar-refractivity contribution in [3.8, 4) is 11.5 Å². The summed E-state index contributed by atoms with van der Waals surface area (Å²) in [5, 5.41) is 23.3. The summed E-state index contributed by atoms with van der Waals surface area (Å²) in [7, 11) is 0. The van der Waals surface area contributed by atoms with Crippen LogP contribution in [0.3, 0.4) is 0 Å². The van der Waals surface area contributed by atoms with Crippen molar-refractivity contribution in [1.29, 1.82) is 0 Å². The van der Waals surface area contributed by atoms with E-state index in [1.54, 1.807) is 24.3 Å². The molecular weight excluding hydrogens is 604 g/mol. The van der Waals surface area contributed by atoms with E-state index in [-0.39, 0.29) is 26.2 Å². The number of rotatable bonds is 2. The van der Waals surface area contributed by atoms with Gasteiger partial charge in [0.15, 0.2) is 0 Å². The Kier molecular flexibility index (Phi) is 14.2. The molecule has 222 valence electrons. The van der Waals surface area contributed by atoms with Gasteiger partial charge in [-0.25, -0.2) is 0 Å². The second kappa shape index (κ2) is 17.0. The van der Waals surface area contributed by atoms with Gasteiger partial charge >= 0.3 is 26.2 Å². The zero-order chi connectivity index (χ0) is 30.8. The van der Waals surface area contributed by atoms with Gasteiger partial charge in [0.05, 0.1) is 0 Å². The molecular formula is C40H46O2Zr. The number of aryl methyl sites for hydroxylation is 4. The number of phenolic OH excluding ortho intramolecular Hbond substituents is 2. The van der Waals surface area contributed by atoms with Gasteiger partial charge < -0.3 is 10.2 Å². The number of hydrogen-bond acceptors (Lipinski definition) is 2. The maximum atomic E-state index is 8.94. The van der Waals surface area contributed by atoms with E-state index in [9.17, 15) is 0 Å². The van der Waals surface area contributed by atoms with Crippen LogP contribution in [0.1, 0.15) is 72.9 Å². The van der Waals surface area contributed by atoms with Gasteiger partial charge in [-0.1, -0.05) is 74.2 Å². The predicted molar refractivity (Wildman–Crippen MR) is 182 cm³/mol. The molecule has 2 N–H and O–H groups in total. The van der Waals surface area contributed by atoms with Gasteiger partial charge in [0, 0.05) is 0 Å². The predicted octanol–water partition coefficient (Wildman–Crippen LogP) is 11.4. The van der Waals surface area contributed by atoms with E-state index in [1.807, 2.05) is 24.3 Å². The van der Waals surface area contributed by atoms with Gasteiger partial charge in [-0.05, 0) is 74.9 Å². The molecule has 0 aromatic heterocycles. The van der Waals surface area contributed by atoms with Crippen LogP contribution in [0.2, 0.25) is 0 Å². The van der Waals surface area contributed by atoms with Crippen molar-refractivity contribution in [2.24, 2.45) is 0 Å². The Bertz CT molecular complexity index is 1470. The number of aromatic hydroxyl groups is 2. The van der Waals surface area contributed by atoms with E-state index in [0.717, 1.165) is 0 Å². The summed E-state index contributed by atoms with van der Waals surface area (Å²) in [4.78, 5) is 0. The summed E-state index contributed by atoms with van der Waals surface area (Å²) in [6, 6.07) is 36.4. The molecule has 0 unspecified atom stereocenters. The minimum absolute atomic E-state index is 0. The Balaban J connectivity index is 0.000000199. The summed E-state index contributed by atoms with van der Waals surface area (Å²) < 4.78 is 0. The van der Waals surface area contributed by atoms with E-state index in [2.05, 4.69) is 116 Å². The second-order valence-corrected chi connectivity index (χ2v) is 11.7. The third-order valence-corrected chi connectivity index (χ3v) is 7.62. The van der Waals surface area contributed by atoms with Crippen molar-refractivity contribution in [2.45, 2.75) is 67.2 Å². The molecule has 2 nitrogen and oxygen atoms in total. The molecule has 0 heterocycles. The van der Waals surface area contributed by atoms with Gasteiger partial charge in [-0.3, -0.25) is 0 Å².